The van der Waals surface area contributed by atoms with E-state index >= 15 is 0 Å². The van der Waals surface area contributed by atoms with Gasteiger partial charge in [0.25, 0.3) is 0 Å². The van der Waals surface area contributed by atoms with Crippen LogP contribution in [0.5, 0.6) is 11.5 Å². The maximum atomic E-state index is 12.1. The number of nitrogens with one attached hydrogen (secondary N) is 2. The van der Waals surface area contributed by atoms with Crippen molar-refractivity contribution in [1.29, 1.82) is 0 Å². The average Bonchev–Trinajstić information content (AvgIpc) is 2.59. The lowest BCUT2D eigenvalue weighted by molar-refractivity contribution is -0.114. The Morgan fingerprint density at radius 3 is 2.44 bits per heavy atom. The van der Waals surface area contributed by atoms with Gasteiger partial charge in [0.05, 0.1) is 19.8 Å². The van der Waals surface area contributed by atoms with Crippen molar-refractivity contribution in [3.05, 3.63) is 48.5 Å². The van der Waals surface area contributed by atoms with Gasteiger partial charge in [-0.3, -0.25) is 4.79 Å². The van der Waals surface area contributed by atoms with Crippen molar-refractivity contribution in [1.82, 2.24) is 0 Å². The summed E-state index contributed by atoms with van der Waals surface area (Å²) in [6.07, 6.45) is 0. The zero-order chi connectivity index (χ0) is 18.1. The van der Waals surface area contributed by atoms with Crippen molar-refractivity contribution in [2.75, 3.05) is 30.4 Å². The number of rotatable bonds is 9. The molecule has 2 rings (SSSR count). The van der Waals surface area contributed by atoms with Crippen molar-refractivity contribution in [2.24, 2.45) is 5.92 Å². The second-order valence-electron chi connectivity index (χ2n) is 6.09. The van der Waals surface area contributed by atoms with Crippen LogP contribution in [0.2, 0.25) is 0 Å². The Balaban J connectivity index is 1.80. The van der Waals surface area contributed by atoms with E-state index < -0.39 is 0 Å². The topological polar surface area (TPSA) is 59.6 Å². The Kier molecular flexibility index (Phi) is 7.14. The average molecular weight is 342 g/mol. The van der Waals surface area contributed by atoms with Crippen molar-refractivity contribution in [3.63, 3.8) is 0 Å². The maximum Gasteiger partial charge on any atom is 0.243 e. The highest BCUT2D eigenvalue weighted by Crippen LogP contribution is 2.18. The molecule has 0 spiro atoms. The summed E-state index contributed by atoms with van der Waals surface area (Å²) >= 11 is 0. The van der Waals surface area contributed by atoms with Crippen molar-refractivity contribution in [3.8, 4) is 11.5 Å². The van der Waals surface area contributed by atoms with Gasteiger partial charge in [0.15, 0.2) is 0 Å². The van der Waals surface area contributed by atoms with Gasteiger partial charge in [0.1, 0.15) is 11.5 Å². The van der Waals surface area contributed by atoms with Gasteiger partial charge in [-0.15, -0.1) is 0 Å². The fraction of sp³-hybridized carbons (Fsp3) is 0.350. The van der Waals surface area contributed by atoms with Crippen LogP contribution in [0.25, 0.3) is 0 Å². The summed E-state index contributed by atoms with van der Waals surface area (Å²) in [6, 6.07) is 15.0. The maximum absolute atomic E-state index is 12.1. The molecule has 0 saturated carbocycles. The summed E-state index contributed by atoms with van der Waals surface area (Å²) < 4.78 is 11.1. The van der Waals surface area contributed by atoms with Crippen LogP contribution in [-0.4, -0.2) is 25.7 Å². The van der Waals surface area contributed by atoms with E-state index in [1.807, 2.05) is 55.5 Å². The number of hydrogen-bond acceptors (Lipinski definition) is 4. The standard InChI is InChI=1S/C20H26N2O3/c1-4-24-19-7-5-6-17(12-19)22-20(23)13-21-16-8-10-18(11-9-16)25-14-15(2)3/h5-12,15,21H,4,13-14H2,1-3H3,(H,22,23). The molecule has 25 heavy (non-hydrogen) atoms. The number of carbonyl (C=O) groups is 1. The molecule has 0 fully saturated rings. The number of amides is 1. The summed E-state index contributed by atoms with van der Waals surface area (Å²) in [4.78, 5) is 12.1. The normalized spacial score (nSPS) is 10.4. The Hall–Kier alpha value is -2.69. The molecule has 1 amide bonds. The van der Waals surface area contributed by atoms with Gasteiger partial charge in [-0.05, 0) is 49.2 Å². The molecule has 0 aliphatic heterocycles. The van der Waals surface area contributed by atoms with E-state index in [4.69, 9.17) is 9.47 Å². The Bertz CT molecular complexity index is 669. The van der Waals surface area contributed by atoms with Gasteiger partial charge >= 0.3 is 0 Å². The Morgan fingerprint density at radius 2 is 1.76 bits per heavy atom. The van der Waals surface area contributed by atoms with Crippen molar-refractivity contribution >= 4 is 17.3 Å². The SMILES string of the molecule is CCOc1cccc(NC(=O)CNc2ccc(OCC(C)C)cc2)c1. The quantitative estimate of drug-likeness (QED) is 0.718. The smallest absolute Gasteiger partial charge is 0.243 e. The van der Waals surface area contributed by atoms with E-state index in [0.29, 0.717) is 19.1 Å². The second-order valence-corrected chi connectivity index (χ2v) is 6.09. The highest BCUT2D eigenvalue weighted by molar-refractivity contribution is 5.93. The third-order valence-electron chi connectivity index (χ3n) is 3.32. The van der Waals surface area contributed by atoms with Crippen LogP contribution in [-0.2, 0) is 4.79 Å². The summed E-state index contributed by atoms with van der Waals surface area (Å²) in [6.45, 7) is 7.61. The van der Waals surface area contributed by atoms with Gasteiger partial charge in [-0.25, -0.2) is 0 Å². The lowest BCUT2D eigenvalue weighted by atomic mass is 10.2. The van der Waals surface area contributed by atoms with Gasteiger partial charge in [-0.2, -0.15) is 0 Å². The van der Waals surface area contributed by atoms with Crippen molar-refractivity contribution in [2.45, 2.75) is 20.8 Å². The van der Waals surface area contributed by atoms with Crippen LogP contribution in [0.15, 0.2) is 48.5 Å². The third-order valence-corrected chi connectivity index (χ3v) is 3.32. The molecule has 0 radical (unpaired) electrons. The first kappa shape index (κ1) is 18.6. The van der Waals surface area contributed by atoms with Crippen LogP contribution >= 0.6 is 0 Å². The molecule has 5 heteroatoms. The molecule has 0 saturated heterocycles. The molecule has 0 heterocycles. The number of anilines is 2. The van der Waals surface area contributed by atoms with Crippen LogP contribution in [0.3, 0.4) is 0 Å². The molecule has 134 valence electrons. The highest BCUT2D eigenvalue weighted by atomic mass is 16.5. The molecular formula is C20H26N2O3. The zero-order valence-corrected chi connectivity index (χ0v) is 15.0. The first-order valence-corrected chi connectivity index (χ1v) is 8.56. The van der Waals surface area contributed by atoms with E-state index in [2.05, 4.69) is 24.5 Å². The molecule has 0 aliphatic carbocycles. The lowest BCUT2D eigenvalue weighted by Gasteiger charge is -2.11. The lowest BCUT2D eigenvalue weighted by Crippen LogP contribution is -2.21. The molecule has 0 atom stereocenters. The second kappa shape index (κ2) is 9.57. The highest BCUT2D eigenvalue weighted by Gasteiger charge is 2.04. The first-order valence-electron chi connectivity index (χ1n) is 8.56. The number of benzene rings is 2. The monoisotopic (exact) mass is 342 g/mol. The summed E-state index contributed by atoms with van der Waals surface area (Å²) in [7, 11) is 0. The molecular weight excluding hydrogens is 316 g/mol. The molecule has 5 nitrogen and oxygen atoms in total. The van der Waals surface area contributed by atoms with Crippen LogP contribution < -0.4 is 20.1 Å². The van der Waals surface area contributed by atoms with Gasteiger partial charge in [-0.1, -0.05) is 19.9 Å². The number of ether oxygens (including phenoxy) is 2. The fourth-order valence-corrected chi connectivity index (χ4v) is 2.15. The Morgan fingerprint density at radius 1 is 1.00 bits per heavy atom. The Labute approximate surface area is 149 Å². The molecule has 0 unspecified atom stereocenters. The molecule has 2 aromatic rings. The summed E-state index contributed by atoms with van der Waals surface area (Å²) in [5.41, 5.74) is 1.59. The van der Waals surface area contributed by atoms with Crippen LogP contribution in [0.1, 0.15) is 20.8 Å². The van der Waals surface area contributed by atoms with E-state index in [9.17, 15) is 4.79 Å². The number of hydrogen-bond donors (Lipinski definition) is 2. The largest absolute Gasteiger partial charge is 0.494 e. The summed E-state index contributed by atoms with van der Waals surface area (Å²) in [5.74, 6) is 1.94. The minimum atomic E-state index is -0.117. The molecule has 0 aromatic heterocycles. The first-order chi connectivity index (χ1) is 12.1. The van der Waals surface area contributed by atoms with Gasteiger partial charge in [0, 0.05) is 17.4 Å². The fourth-order valence-electron chi connectivity index (χ4n) is 2.15. The van der Waals surface area contributed by atoms with Crippen molar-refractivity contribution < 1.29 is 14.3 Å². The van der Waals surface area contributed by atoms with E-state index in [1.54, 1.807) is 0 Å². The molecule has 0 aliphatic rings. The third kappa shape index (κ3) is 6.75. The molecule has 0 bridgehead atoms. The molecule has 2 N–H and O–H groups in total. The predicted octanol–water partition coefficient (Wildman–Crippen LogP) is 4.17. The minimum absolute atomic E-state index is 0.117. The van der Waals surface area contributed by atoms with Gasteiger partial charge < -0.3 is 20.1 Å². The van der Waals surface area contributed by atoms with E-state index in [-0.39, 0.29) is 12.5 Å². The minimum Gasteiger partial charge on any atom is -0.494 e. The van der Waals surface area contributed by atoms with Crippen LogP contribution in [0.4, 0.5) is 11.4 Å². The molecule has 2 aromatic carbocycles. The van der Waals surface area contributed by atoms with E-state index in [0.717, 1.165) is 22.9 Å². The van der Waals surface area contributed by atoms with E-state index in [1.165, 1.54) is 0 Å². The van der Waals surface area contributed by atoms with Crippen LogP contribution in [0, 0.1) is 5.92 Å². The predicted molar refractivity (Wildman–Crippen MR) is 102 cm³/mol. The number of carbonyl (C=O) groups excluding carboxylic acids is 1. The van der Waals surface area contributed by atoms with Gasteiger partial charge in [0.2, 0.25) is 5.91 Å². The zero-order valence-electron chi connectivity index (χ0n) is 15.0. The summed E-state index contributed by atoms with van der Waals surface area (Å²) in [5, 5.41) is 5.95.